The van der Waals surface area contributed by atoms with Crippen LogP contribution in [0.15, 0.2) is 29.0 Å². The molecule has 1 amide bonds. The van der Waals surface area contributed by atoms with E-state index in [1.807, 2.05) is 20.8 Å². The average Bonchev–Trinajstić information content (AvgIpc) is 2.57. The summed E-state index contributed by atoms with van der Waals surface area (Å²) >= 11 is 3.42. The van der Waals surface area contributed by atoms with Gasteiger partial charge in [-0.05, 0) is 40.9 Å². The van der Waals surface area contributed by atoms with Gasteiger partial charge in [-0.3, -0.25) is 4.98 Å². The fourth-order valence-corrected chi connectivity index (χ4v) is 4.36. The summed E-state index contributed by atoms with van der Waals surface area (Å²) < 4.78 is 34.6. The molecular weight excluding hydrogens is 434 g/mol. The van der Waals surface area contributed by atoms with Crippen molar-refractivity contribution in [2.75, 3.05) is 0 Å². The Morgan fingerprint density at radius 2 is 2.07 bits per heavy atom. The Bertz CT molecular complexity index is 898. The highest BCUT2D eigenvalue weighted by molar-refractivity contribution is 9.10. The van der Waals surface area contributed by atoms with Crippen LogP contribution in [0.4, 0.5) is 13.6 Å². The molecule has 1 aliphatic carbocycles. The summed E-state index contributed by atoms with van der Waals surface area (Å²) in [7, 11) is 0. The molecule has 6 nitrogen and oxygen atoms in total. The lowest BCUT2D eigenvalue weighted by atomic mass is 9.61. The van der Waals surface area contributed by atoms with E-state index in [-0.39, 0.29) is 29.8 Å². The van der Waals surface area contributed by atoms with Crippen LogP contribution in [-0.2, 0) is 15.6 Å². The van der Waals surface area contributed by atoms with Gasteiger partial charge in [0.25, 0.3) is 0 Å². The molecule has 3 rings (SSSR count). The molecule has 2 aromatic heterocycles. The largest absolute Gasteiger partial charge is 0.437 e. The number of nitrogens with zero attached hydrogens (tertiary/aromatic N) is 3. The number of nitrogens with two attached hydrogens (primary N) is 1. The van der Waals surface area contributed by atoms with Gasteiger partial charge in [0, 0.05) is 17.8 Å². The second-order valence-electron chi connectivity index (χ2n) is 7.99. The van der Waals surface area contributed by atoms with Crippen molar-refractivity contribution in [3.8, 4) is 0 Å². The van der Waals surface area contributed by atoms with Crippen LogP contribution in [0, 0.1) is 5.82 Å². The van der Waals surface area contributed by atoms with Gasteiger partial charge >= 0.3 is 6.09 Å². The number of primary amides is 1. The number of alkyl halides is 1. The van der Waals surface area contributed by atoms with Gasteiger partial charge in [0.15, 0.2) is 11.9 Å². The first-order chi connectivity index (χ1) is 13.0. The molecule has 1 saturated carbocycles. The molecule has 0 bridgehead atoms. The number of carbonyl (C=O) groups excluding carboxylic acids is 1. The van der Waals surface area contributed by atoms with Crippen molar-refractivity contribution in [2.45, 2.75) is 56.7 Å². The quantitative estimate of drug-likeness (QED) is 0.744. The highest BCUT2D eigenvalue weighted by Crippen LogP contribution is 2.54. The Labute approximate surface area is 170 Å². The summed E-state index contributed by atoms with van der Waals surface area (Å²) in [5.41, 5.74) is 4.38. The first kappa shape index (κ1) is 20.6. The molecule has 0 spiro atoms. The number of pyridine rings is 1. The van der Waals surface area contributed by atoms with E-state index in [1.54, 1.807) is 0 Å². The van der Waals surface area contributed by atoms with Crippen molar-refractivity contribution in [1.29, 1.82) is 0 Å². The molecule has 2 heterocycles. The SMILES string of the molecule is CC(C)(C)c1nc(C(OC(N)=O)C2(c3ncccc3F)CC(F)C2)ncc1Br. The summed E-state index contributed by atoms with van der Waals surface area (Å²) in [6.07, 6.45) is -0.642. The topological polar surface area (TPSA) is 91.0 Å². The number of amides is 1. The Kier molecular flexibility index (Phi) is 5.40. The third kappa shape index (κ3) is 3.72. The highest BCUT2D eigenvalue weighted by Gasteiger charge is 2.57. The smallest absolute Gasteiger partial charge is 0.405 e. The summed E-state index contributed by atoms with van der Waals surface area (Å²) in [6, 6.07) is 2.68. The maximum atomic E-state index is 14.6. The number of aromatic nitrogens is 3. The van der Waals surface area contributed by atoms with Crippen LogP contribution >= 0.6 is 15.9 Å². The molecule has 0 aromatic carbocycles. The van der Waals surface area contributed by atoms with Crippen LogP contribution in [0.3, 0.4) is 0 Å². The molecular formula is C19H21BrF2N4O2. The van der Waals surface area contributed by atoms with Crippen molar-refractivity contribution >= 4 is 22.0 Å². The molecule has 9 heteroatoms. The maximum absolute atomic E-state index is 14.6. The Morgan fingerprint density at radius 1 is 1.39 bits per heavy atom. The van der Waals surface area contributed by atoms with Gasteiger partial charge in [-0.1, -0.05) is 20.8 Å². The Balaban J connectivity index is 2.17. The van der Waals surface area contributed by atoms with E-state index in [0.29, 0.717) is 10.2 Å². The van der Waals surface area contributed by atoms with E-state index in [2.05, 4.69) is 30.9 Å². The van der Waals surface area contributed by atoms with Crippen LogP contribution in [0.2, 0.25) is 0 Å². The first-order valence-electron chi connectivity index (χ1n) is 8.78. The fourth-order valence-electron chi connectivity index (χ4n) is 3.58. The fraction of sp³-hybridized carbons (Fsp3) is 0.474. The van der Waals surface area contributed by atoms with E-state index >= 15 is 0 Å². The number of carbonyl (C=O) groups is 1. The minimum atomic E-state index is -1.23. The van der Waals surface area contributed by atoms with E-state index in [1.165, 1.54) is 24.5 Å². The lowest BCUT2D eigenvalue weighted by Gasteiger charge is -2.47. The van der Waals surface area contributed by atoms with E-state index in [0.717, 1.165) is 0 Å². The van der Waals surface area contributed by atoms with Crippen molar-refractivity contribution in [3.05, 3.63) is 52.0 Å². The minimum absolute atomic E-state index is 0.0129. The lowest BCUT2D eigenvalue weighted by Crippen LogP contribution is -2.50. The van der Waals surface area contributed by atoms with E-state index in [4.69, 9.17) is 10.5 Å². The van der Waals surface area contributed by atoms with Gasteiger partial charge < -0.3 is 10.5 Å². The molecule has 1 unspecified atom stereocenters. The third-order valence-electron chi connectivity index (χ3n) is 4.85. The number of halogens is 3. The van der Waals surface area contributed by atoms with Crippen molar-refractivity contribution in [3.63, 3.8) is 0 Å². The summed E-state index contributed by atoms with van der Waals surface area (Å²) in [4.78, 5) is 24.6. The highest BCUT2D eigenvalue weighted by atomic mass is 79.9. The molecule has 0 saturated heterocycles. The van der Waals surface area contributed by atoms with Gasteiger partial charge in [0.2, 0.25) is 0 Å². The zero-order valence-corrected chi connectivity index (χ0v) is 17.3. The summed E-state index contributed by atoms with van der Waals surface area (Å²) in [5, 5.41) is 0. The number of rotatable bonds is 4. The van der Waals surface area contributed by atoms with Crippen molar-refractivity contribution in [2.24, 2.45) is 5.73 Å². The van der Waals surface area contributed by atoms with Crippen molar-refractivity contribution < 1.29 is 18.3 Å². The lowest BCUT2D eigenvalue weighted by molar-refractivity contribution is -0.0383. The molecule has 1 atom stereocenters. The molecule has 0 aliphatic heterocycles. The zero-order valence-electron chi connectivity index (χ0n) is 15.7. The van der Waals surface area contributed by atoms with E-state index in [9.17, 15) is 13.6 Å². The van der Waals surface area contributed by atoms with Crippen LogP contribution in [-0.4, -0.2) is 27.2 Å². The molecule has 0 radical (unpaired) electrons. The molecule has 2 aromatic rings. The first-order valence-corrected chi connectivity index (χ1v) is 9.58. The van der Waals surface area contributed by atoms with Gasteiger partial charge in [-0.25, -0.2) is 23.5 Å². The predicted octanol–water partition coefficient (Wildman–Crippen LogP) is 4.28. The third-order valence-corrected chi connectivity index (χ3v) is 5.43. The second kappa shape index (κ2) is 7.35. The summed E-state index contributed by atoms with van der Waals surface area (Å²) in [6.45, 7) is 5.88. The molecule has 150 valence electrons. The van der Waals surface area contributed by atoms with Crippen LogP contribution in [0.1, 0.15) is 56.9 Å². The summed E-state index contributed by atoms with van der Waals surface area (Å²) in [5.74, 6) is -0.482. The van der Waals surface area contributed by atoms with E-state index < -0.39 is 29.6 Å². The van der Waals surface area contributed by atoms with Gasteiger partial charge in [0.1, 0.15) is 12.0 Å². The molecule has 28 heavy (non-hydrogen) atoms. The van der Waals surface area contributed by atoms with Gasteiger partial charge in [-0.15, -0.1) is 0 Å². The van der Waals surface area contributed by atoms with Crippen LogP contribution in [0.25, 0.3) is 0 Å². The average molecular weight is 455 g/mol. The molecule has 1 aliphatic rings. The predicted molar refractivity (Wildman–Crippen MR) is 102 cm³/mol. The van der Waals surface area contributed by atoms with Gasteiger partial charge in [-0.2, -0.15) is 0 Å². The second-order valence-corrected chi connectivity index (χ2v) is 8.84. The Hall–Kier alpha value is -2.16. The van der Waals surface area contributed by atoms with Gasteiger partial charge in [0.05, 0.1) is 21.3 Å². The molecule has 1 fully saturated rings. The number of hydrogen-bond acceptors (Lipinski definition) is 5. The molecule has 2 N–H and O–H groups in total. The normalized spacial score (nSPS) is 23.0. The zero-order chi connectivity index (χ0) is 20.7. The number of ether oxygens (including phenoxy) is 1. The standard InChI is InChI=1S/C19H21BrF2N4O2/c1-18(2,3)13-11(20)9-25-16(26-13)15(28-17(23)27)19(7-10(21)8-19)14-12(22)5-4-6-24-14/h4-6,9-10,15H,7-8H2,1-3H3,(H2,23,27). The number of hydrogen-bond donors (Lipinski definition) is 1. The maximum Gasteiger partial charge on any atom is 0.405 e. The van der Waals surface area contributed by atoms with Crippen molar-refractivity contribution in [1.82, 2.24) is 15.0 Å². The van der Waals surface area contributed by atoms with Crippen LogP contribution in [0.5, 0.6) is 0 Å². The monoisotopic (exact) mass is 454 g/mol. The van der Waals surface area contributed by atoms with Crippen LogP contribution < -0.4 is 5.73 Å². The minimum Gasteiger partial charge on any atom is -0.437 e. The Morgan fingerprint density at radius 3 is 2.61 bits per heavy atom.